The molecule has 1 N–H and O–H groups in total. The maximum atomic E-state index is 6.34. The topological polar surface area (TPSA) is 66.9 Å². The number of nitrogens with zero attached hydrogens (tertiary/aromatic N) is 4. The van der Waals surface area contributed by atoms with Crippen LogP contribution in [-0.4, -0.2) is 51.1 Å². The van der Waals surface area contributed by atoms with E-state index in [1.807, 2.05) is 12.4 Å². The largest absolute Gasteiger partial charge is 0.492 e. The van der Waals surface area contributed by atoms with E-state index in [-0.39, 0.29) is 0 Å². The molecule has 1 aliphatic heterocycles. The van der Waals surface area contributed by atoms with Gasteiger partial charge in [-0.25, -0.2) is 4.98 Å². The van der Waals surface area contributed by atoms with Gasteiger partial charge in [0.05, 0.1) is 28.9 Å². The number of nitrogens with one attached hydrogen (secondary N) is 1. The van der Waals surface area contributed by atoms with Gasteiger partial charge in [0, 0.05) is 47.6 Å². The average molecular weight is 650 g/mol. The summed E-state index contributed by atoms with van der Waals surface area (Å²) in [6, 6.07) is 23.5. The van der Waals surface area contributed by atoms with Crippen LogP contribution in [0.25, 0.3) is 44.7 Å². The van der Waals surface area contributed by atoms with Crippen molar-refractivity contribution in [3.8, 4) is 35.4 Å². The van der Waals surface area contributed by atoms with E-state index in [1.54, 1.807) is 6.33 Å². The number of benzene rings is 2. The molecule has 1 aliphatic rings. The fraction of sp³-hybridized carbons (Fsp3) is 0.279. The molecule has 4 heterocycles. The summed E-state index contributed by atoms with van der Waals surface area (Å²) < 4.78 is 6.34. The van der Waals surface area contributed by atoms with Crippen molar-refractivity contribution in [2.45, 2.75) is 46.5 Å². The molecule has 0 radical (unpaired) electrons. The van der Waals surface area contributed by atoms with Gasteiger partial charge < -0.3 is 9.72 Å². The summed E-state index contributed by atoms with van der Waals surface area (Å²) in [4.78, 5) is 20.1. The van der Waals surface area contributed by atoms with Crippen LogP contribution in [0.15, 0.2) is 110 Å². The lowest BCUT2D eigenvalue weighted by Gasteiger charge is -2.18. The molecule has 6 heteroatoms. The van der Waals surface area contributed by atoms with Crippen molar-refractivity contribution in [2.24, 2.45) is 5.92 Å². The predicted molar refractivity (Wildman–Crippen MR) is 204 cm³/mol. The Morgan fingerprint density at radius 2 is 1.80 bits per heavy atom. The molecule has 0 saturated carbocycles. The van der Waals surface area contributed by atoms with Gasteiger partial charge in [0.2, 0.25) is 0 Å². The summed E-state index contributed by atoms with van der Waals surface area (Å²) in [5.41, 5.74) is 9.40. The van der Waals surface area contributed by atoms with Crippen molar-refractivity contribution in [3.63, 3.8) is 0 Å². The lowest BCUT2D eigenvalue weighted by molar-refractivity contribution is 0.209. The van der Waals surface area contributed by atoms with Crippen molar-refractivity contribution in [1.29, 1.82) is 0 Å². The summed E-state index contributed by atoms with van der Waals surface area (Å²) in [7, 11) is 0. The molecule has 2 aromatic carbocycles. The van der Waals surface area contributed by atoms with Gasteiger partial charge in [-0.1, -0.05) is 68.5 Å². The summed E-state index contributed by atoms with van der Waals surface area (Å²) in [6.45, 7) is 10.3. The molecule has 0 unspecified atom stereocenters. The number of fused-ring (bicyclic) bond motifs is 1. The van der Waals surface area contributed by atoms with Crippen LogP contribution in [0.2, 0.25) is 0 Å². The van der Waals surface area contributed by atoms with Crippen molar-refractivity contribution >= 4 is 22.2 Å². The highest BCUT2D eigenvalue weighted by Gasteiger charge is 2.22. The number of imidazole rings is 1. The minimum atomic E-state index is 0.672. The second-order valence-corrected chi connectivity index (χ2v) is 12.3. The third-order valence-electron chi connectivity index (χ3n) is 8.84. The zero-order chi connectivity index (χ0) is 34.4. The van der Waals surface area contributed by atoms with E-state index in [0.29, 0.717) is 6.61 Å². The zero-order valence-corrected chi connectivity index (χ0v) is 29.0. The molecule has 0 amide bonds. The van der Waals surface area contributed by atoms with Gasteiger partial charge in [0.1, 0.15) is 12.4 Å². The Balaban J connectivity index is 0.00000230. The first kappa shape index (κ1) is 35.1. The van der Waals surface area contributed by atoms with Crippen LogP contribution in [0, 0.1) is 18.8 Å². The standard InChI is InChI=1S/C41H45N5O.C2H2/c1-4-6-8-12-30(3)40-41(45-29-44-40)33-15-17-37-35(24-33)25-36(27-43-37)38-18-16-34(26-42-38)39(11-5-2)47-22-21-46-20-19-32(28-46)23-31-13-9-7-10-14-31;1-2/h6-18,24-27,29,32H,4-5,19-23,28H2,1-3H3,(H,44,45);1-2H/b8-6-,30-12+,39-11-;/t32-;/m0./s1. The molecule has 6 nitrogen and oxygen atoms in total. The third-order valence-corrected chi connectivity index (χ3v) is 8.84. The summed E-state index contributed by atoms with van der Waals surface area (Å²) >= 11 is 0. The molecule has 1 saturated heterocycles. The minimum absolute atomic E-state index is 0.672. The first-order chi connectivity index (χ1) is 24.1. The van der Waals surface area contributed by atoms with Crippen molar-refractivity contribution < 1.29 is 4.74 Å². The third kappa shape index (κ3) is 9.22. The van der Waals surface area contributed by atoms with Gasteiger partial charge in [0.15, 0.2) is 0 Å². The van der Waals surface area contributed by atoms with Crippen molar-refractivity contribution in [2.75, 3.05) is 26.2 Å². The minimum Gasteiger partial charge on any atom is -0.492 e. The molecule has 1 atom stereocenters. The Hall–Kier alpha value is -5.25. The Morgan fingerprint density at radius 1 is 0.959 bits per heavy atom. The molecule has 1 fully saturated rings. The molecular weight excluding hydrogens is 603 g/mol. The zero-order valence-electron chi connectivity index (χ0n) is 29.0. The van der Waals surface area contributed by atoms with Crippen LogP contribution in [0.3, 0.4) is 0 Å². The number of hydrogen-bond acceptors (Lipinski definition) is 5. The van der Waals surface area contributed by atoms with Gasteiger partial charge in [-0.15, -0.1) is 12.8 Å². The van der Waals surface area contributed by atoms with Crippen LogP contribution < -0.4 is 0 Å². The molecule has 6 rings (SSSR count). The number of pyridine rings is 2. The highest BCUT2D eigenvalue weighted by Crippen LogP contribution is 2.30. The van der Waals surface area contributed by atoms with E-state index in [9.17, 15) is 0 Å². The van der Waals surface area contributed by atoms with E-state index in [1.165, 1.54) is 12.0 Å². The van der Waals surface area contributed by atoms with Crippen molar-refractivity contribution in [3.05, 3.63) is 127 Å². The first-order valence-electron chi connectivity index (χ1n) is 17.3. The monoisotopic (exact) mass is 649 g/mol. The molecule has 0 spiro atoms. The maximum absolute atomic E-state index is 6.34. The Labute approximate surface area is 291 Å². The lowest BCUT2D eigenvalue weighted by atomic mass is 9.99. The molecule has 0 aliphatic carbocycles. The number of rotatable bonds is 13. The van der Waals surface area contributed by atoms with Crippen LogP contribution in [0.5, 0.6) is 0 Å². The fourth-order valence-electron chi connectivity index (χ4n) is 6.34. The van der Waals surface area contributed by atoms with Crippen LogP contribution in [0.1, 0.15) is 56.9 Å². The van der Waals surface area contributed by atoms with Gasteiger partial charge in [-0.05, 0) is 92.6 Å². The maximum Gasteiger partial charge on any atom is 0.124 e. The van der Waals surface area contributed by atoms with Crippen LogP contribution >= 0.6 is 0 Å². The van der Waals surface area contributed by atoms with E-state index >= 15 is 0 Å². The van der Waals surface area contributed by atoms with E-state index in [0.717, 1.165) is 101 Å². The smallest absolute Gasteiger partial charge is 0.124 e. The number of aromatic nitrogens is 4. The summed E-state index contributed by atoms with van der Waals surface area (Å²) in [5.74, 6) is 1.62. The van der Waals surface area contributed by atoms with Gasteiger partial charge in [0.25, 0.3) is 0 Å². The van der Waals surface area contributed by atoms with Gasteiger partial charge >= 0.3 is 0 Å². The highest BCUT2D eigenvalue weighted by molar-refractivity contribution is 5.88. The number of likely N-dealkylation sites (tertiary alicyclic amines) is 1. The SMILES string of the molecule is C#C.CC/C=C\C=C(/C)c1nc[nH]c1-c1ccc2ncc(-c3ccc(/C(=C/CC)OCCN4CC[C@@H](Cc5ccccc5)C4)cn3)cc2c1. The summed E-state index contributed by atoms with van der Waals surface area (Å²) in [6.07, 6.45) is 26.4. The Kier molecular flexibility index (Phi) is 12.7. The first-order valence-corrected chi connectivity index (χ1v) is 17.3. The molecule has 250 valence electrons. The Bertz CT molecular complexity index is 1900. The second-order valence-electron chi connectivity index (χ2n) is 12.3. The predicted octanol–water partition coefficient (Wildman–Crippen LogP) is 9.64. The number of terminal acetylenes is 1. The van der Waals surface area contributed by atoms with Crippen LogP contribution in [-0.2, 0) is 11.2 Å². The molecule has 49 heavy (non-hydrogen) atoms. The van der Waals surface area contributed by atoms with E-state index in [4.69, 9.17) is 14.7 Å². The van der Waals surface area contributed by atoms with Crippen molar-refractivity contribution in [1.82, 2.24) is 24.8 Å². The molecule has 3 aromatic heterocycles. The van der Waals surface area contributed by atoms with Gasteiger partial charge in [-0.2, -0.15) is 0 Å². The average Bonchev–Trinajstić information content (AvgIpc) is 3.82. The highest BCUT2D eigenvalue weighted by atomic mass is 16.5. The fourth-order valence-corrected chi connectivity index (χ4v) is 6.34. The normalized spacial score (nSPS) is 15.4. The number of allylic oxidation sites excluding steroid dienone is 5. The lowest BCUT2D eigenvalue weighted by Crippen LogP contribution is -2.25. The second kappa shape index (κ2) is 17.8. The summed E-state index contributed by atoms with van der Waals surface area (Å²) in [5, 5.41) is 1.06. The number of H-pyrrole nitrogens is 1. The van der Waals surface area contributed by atoms with Crippen LogP contribution in [0.4, 0.5) is 0 Å². The molecule has 0 bridgehead atoms. The molecular formula is C43H47N5O. The van der Waals surface area contributed by atoms with E-state index in [2.05, 4.69) is 140 Å². The molecule has 5 aromatic rings. The Morgan fingerprint density at radius 3 is 2.57 bits per heavy atom. The van der Waals surface area contributed by atoms with Gasteiger partial charge in [-0.3, -0.25) is 14.9 Å². The quantitative estimate of drug-likeness (QED) is 0.0782. The number of ether oxygens (including phenoxy) is 1. The van der Waals surface area contributed by atoms with E-state index < -0.39 is 0 Å². The number of hydrogen-bond donors (Lipinski definition) is 1. The number of aromatic amines is 1.